The lowest BCUT2D eigenvalue weighted by atomic mass is 10.2. The second-order valence-corrected chi connectivity index (χ2v) is 6.63. The summed E-state index contributed by atoms with van der Waals surface area (Å²) in [6.45, 7) is 3.90. The fourth-order valence-electron chi connectivity index (χ4n) is 3.66. The second-order valence-electron chi connectivity index (χ2n) is 6.63. The minimum Gasteiger partial charge on any atom is -0.465 e. The molecule has 1 saturated carbocycles. The van der Waals surface area contributed by atoms with Gasteiger partial charge in [0.05, 0.1) is 17.1 Å². The highest BCUT2D eigenvalue weighted by Gasteiger charge is 2.56. The molecule has 3 heterocycles. The monoisotopic (exact) mass is 328 g/mol. The first kappa shape index (κ1) is 15.1. The van der Waals surface area contributed by atoms with Crippen LogP contribution in [0.5, 0.6) is 0 Å². The number of hydrogen-bond acceptors (Lipinski definition) is 5. The maximum absolute atomic E-state index is 10.9. The van der Waals surface area contributed by atoms with E-state index < -0.39 is 6.09 Å². The van der Waals surface area contributed by atoms with Crippen molar-refractivity contribution in [3.8, 4) is 11.3 Å². The molecule has 2 aromatic heterocycles. The summed E-state index contributed by atoms with van der Waals surface area (Å²) in [5.41, 5.74) is 3.64. The average Bonchev–Trinajstić information content (AvgIpc) is 2.88. The van der Waals surface area contributed by atoms with Gasteiger partial charge in [-0.1, -0.05) is 0 Å². The molecule has 126 valence electrons. The average molecular weight is 328 g/mol. The van der Waals surface area contributed by atoms with Crippen LogP contribution in [0.4, 0.5) is 4.79 Å². The van der Waals surface area contributed by atoms with Crippen molar-refractivity contribution in [2.75, 3.05) is 13.1 Å². The molecule has 0 spiro atoms. The number of carbonyl (C=O) groups is 1. The van der Waals surface area contributed by atoms with Gasteiger partial charge < -0.3 is 15.3 Å². The predicted octanol–water partition coefficient (Wildman–Crippen LogP) is 0.883. The van der Waals surface area contributed by atoms with Crippen molar-refractivity contribution < 1.29 is 9.90 Å². The molecule has 8 nitrogen and oxygen atoms in total. The lowest BCUT2D eigenvalue weighted by Gasteiger charge is -2.16. The molecule has 2 aromatic rings. The number of fused-ring (bicyclic) bond motifs is 1. The van der Waals surface area contributed by atoms with E-state index in [2.05, 4.69) is 20.6 Å². The van der Waals surface area contributed by atoms with Gasteiger partial charge in [0.15, 0.2) is 0 Å². The molecule has 0 unspecified atom stereocenters. The summed E-state index contributed by atoms with van der Waals surface area (Å²) in [5.74, 6) is 0.901. The molecule has 2 fully saturated rings. The largest absolute Gasteiger partial charge is 0.465 e. The zero-order valence-electron chi connectivity index (χ0n) is 13.7. The first-order valence-electron chi connectivity index (χ1n) is 8.07. The second kappa shape index (κ2) is 5.55. The third-order valence-electron chi connectivity index (χ3n) is 4.99. The fraction of sp³-hybridized carbons (Fsp3) is 0.500. The number of amides is 1. The molecule has 1 saturated heterocycles. The molecule has 0 radical (unpaired) electrons. The Balaban J connectivity index is 1.33. The van der Waals surface area contributed by atoms with E-state index >= 15 is 0 Å². The van der Waals surface area contributed by atoms with Gasteiger partial charge >= 0.3 is 6.09 Å². The van der Waals surface area contributed by atoms with Crippen molar-refractivity contribution in [3.05, 3.63) is 29.7 Å². The van der Waals surface area contributed by atoms with E-state index in [1.165, 1.54) is 4.90 Å². The zero-order chi connectivity index (χ0) is 16.8. The van der Waals surface area contributed by atoms with Gasteiger partial charge in [-0.15, -0.1) is 0 Å². The SMILES string of the molecule is Cc1nn(C)cc1-c1ccc(CN[C@H]2[C@@H]3CN(C(=O)O)C[C@@H]32)nn1. The Morgan fingerprint density at radius 3 is 2.62 bits per heavy atom. The van der Waals surface area contributed by atoms with Crippen molar-refractivity contribution in [1.29, 1.82) is 0 Å². The Kier molecular flexibility index (Phi) is 3.49. The lowest BCUT2D eigenvalue weighted by molar-refractivity contribution is 0.149. The van der Waals surface area contributed by atoms with Gasteiger partial charge in [-0.25, -0.2) is 4.79 Å². The van der Waals surface area contributed by atoms with Crippen LogP contribution in [0, 0.1) is 18.8 Å². The van der Waals surface area contributed by atoms with Crippen LogP contribution in [-0.4, -0.2) is 55.2 Å². The van der Waals surface area contributed by atoms with Crippen molar-refractivity contribution in [2.24, 2.45) is 18.9 Å². The van der Waals surface area contributed by atoms with Crippen LogP contribution < -0.4 is 5.32 Å². The minimum atomic E-state index is -0.812. The van der Waals surface area contributed by atoms with Crippen molar-refractivity contribution in [1.82, 2.24) is 30.2 Å². The number of aryl methyl sites for hydroxylation is 2. The van der Waals surface area contributed by atoms with Gasteiger partial charge in [-0.2, -0.15) is 15.3 Å². The number of nitrogens with one attached hydrogen (secondary N) is 1. The Morgan fingerprint density at radius 1 is 1.33 bits per heavy atom. The maximum atomic E-state index is 10.9. The Morgan fingerprint density at radius 2 is 2.08 bits per heavy atom. The molecule has 0 aromatic carbocycles. The first-order chi connectivity index (χ1) is 11.5. The zero-order valence-corrected chi connectivity index (χ0v) is 13.7. The Hall–Kier alpha value is -2.48. The summed E-state index contributed by atoms with van der Waals surface area (Å²) >= 11 is 0. The van der Waals surface area contributed by atoms with E-state index in [1.54, 1.807) is 4.68 Å². The Labute approximate surface area is 139 Å². The highest BCUT2D eigenvalue weighted by atomic mass is 16.4. The van der Waals surface area contributed by atoms with E-state index in [-0.39, 0.29) is 0 Å². The van der Waals surface area contributed by atoms with Crippen LogP contribution >= 0.6 is 0 Å². The van der Waals surface area contributed by atoms with Gasteiger partial charge in [-0.3, -0.25) is 4.68 Å². The summed E-state index contributed by atoms with van der Waals surface area (Å²) < 4.78 is 1.77. The number of likely N-dealkylation sites (tertiary alicyclic amines) is 1. The van der Waals surface area contributed by atoms with E-state index in [0.29, 0.717) is 37.5 Å². The molecule has 1 aliphatic heterocycles. The quantitative estimate of drug-likeness (QED) is 0.865. The summed E-state index contributed by atoms with van der Waals surface area (Å²) in [7, 11) is 1.89. The van der Waals surface area contributed by atoms with Crippen LogP contribution in [0.25, 0.3) is 11.3 Å². The number of hydrogen-bond donors (Lipinski definition) is 2. The summed E-state index contributed by atoms with van der Waals surface area (Å²) in [5, 5.41) is 25.3. The van der Waals surface area contributed by atoms with Crippen molar-refractivity contribution in [3.63, 3.8) is 0 Å². The van der Waals surface area contributed by atoms with E-state index in [0.717, 1.165) is 22.6 Å². The minimum absolute atomic E-state index is 0.405. The summed E-state index contributed by atoms with van der Waals surface area (Å²) in [4.78, 5) is 12.4. The number of aromatic nitrogens is 4. The molecule has 4 rings (SSSR count). The summed E-state index contributed by atoms with van der Waals surface area (Å²) in [6, 6.07) is 4.35. The lowest BCUT2D eigenvalue weighted by Crippen LogP contribution is -2.34. The van der Waals surface area contributed by atoms with E-state index in [1.807, 2.05) is 32.3 Å². The molecule has 3 atom stereocenters. The van der Waals surface area contributed by atoms with Gasteiger partial charge in [-0.05, 0) is 30.9 Å². The number of carboxylic acid groups (broad SMARTS) is 1. The van der Waals surface area contributed by atoms with E-state index in [9.17, 15) is 4.79 Å². The standard InChI is InChI=1S/C16H20N6O2/c1-9-11(6-21(2)20-9)14-4-3-10(18-19-14)5-17-15-12-7-22(16(23)24)8-13(12)15/h3-4,6,12-13,15,17H,5,7-8H2,1-2H3,(H,23,24)/t12-,13+,15+. The molecule has 2 N–H and O–H groups in total. The highest BCUT2D eigenvalue weighted by molar-refractivity contribution is 5.66. The van der Waals surface area contributed by atoms with Crippen LogP contribution in [-0.2, 0) is 13.6 Å². The topological polar surface area (TPSA) is 96.2 Å². The highest BCUT2D eigenvalue weighted by Crippen LogP contribution is 2.45. The first-order valence-corrected chi connectivity index (χ1v) is 8.07. The van der Waals surface area contributed by atoms with E-state index in [4.69, 9.17) is 5.11 Å². The third-order valence-corrected chi connectivity index (χ3v) is 4.99. The number of piperidine rings is 1. The van der Waals surface area contributed by atoms with Gasteiger partial charge in [0.25, 0.3) is 0 Å². The molecule has 8 heteroatoms. The normalized spacial score (nSPS) is 24.9. The number of rotatable bonds is 4. The van der Waals surface area contributed by atoms with Crippen molar-refractivity contribution >= 4 is 6.09 Å². The Bertz CT molecular complexity index is 759. The molecular formula is C16H20N6O2. The smallest absolute Gasteiger partial charge is 0.407 e. The molecule has 1 aliphatic carbocycles. The van der Waals surface area contributed by atoms with Crippen LogP contribution in [0.1, 0.15) is 11.4 Å². The fourth-order valence-corrected chi connectivity index (χ4v) is 3.66. The maximum Gasteiger partial charge on any atom is 0.407 e. The third kappa shape index (κ3) is 2.62. The van der Waals surface area contributed by atoms with Crippen LogP contribution in [0.3, 0.4) is 0 Å². The van der Waals surface area contributed by atoms with Gasteiger partial charge in [0.2, 0.25) is 0 Å². The molecule has 0 bridgehead atoms. The van der Waals surface area contributed by atoms with Gasteiger partial charge in [0.1, 0.15) is 0 Å². The van der Waals surface area contributed by atoms with Gasteiger partial charge in [0, 0.05) is 44.5 Å². The molecule has 1 amide bonds. The summed E-state index contributed by atoms with van der Waals surface area (Å²) in [6.07, 6.45) is 1.13. The van der Waals surface area contributed by atoms with Crippen LogP contribution in [0.15, 0.2) is 18.3 Å². The predicted molar refractivity (Wildman–Crippen MR) is 86.2 cm³/mol. The van der Waals surface area contributed by atoms with Crippen LogP contribution in [0.2, 0.25) is 0 Å². The number of nitrogens with zero attached hydrogens (tertiary/aromatic N) is 5. The molecular weight excluding hydrogens is 308 g/mol. The van der Waals surface area contributed by atoms with Crippen molar-refractivity contribution in [2.45, 2.75) is 19.5 Å². The molecule has 24 heavy (non-hydrogen) atoms. The molecule has 2 aliphatic rings.